The highest BCUT2D eigenvalue weighted by molar-refractivity contribution is 7.10. The normalized spacial score (nSPS) is 21.2. The summed E-state index contributed by atoms with van der Waals surface area (Å²) in [6, 6.07) is 6.19. The van der Waals surface area contributed by atoms with Crippen molar-refractivity contribution >= 4 is 22.5 Å². The number of piperidine rings is 1. The minimum Gasteiger partial charge on any atom is -0.457 e. The SMILES string of the molecule is Cc1c(CCN2CCC3(CC2)CN(c2ccns2)C3)ccc2c1COC2=O. The van der Waals surface area contributed by atoms with Gasteiger partial charge in [-0.3, -0.25) is 0 Å². The Labute approximate surface area is 164 Å². The van der Waals surface area contributed by atoms with Crippen LogP contribution in [-0.2, 0) is 17.8 Å². The van der Waals surface area contributed by atoms with Crippen LogP contribution >= 0.6 is 11.5 Å². The van der Waals surface area contributed by atoms with Gasteiger partial charge < -0.3 is 14.5 Å². The number of hydrogen-bond donors (Lipinski definition) is 0. The zero-order valence-corrected chi connectivity index (χ0v) is 16.6. The second kappa shape index (κ2) is 6.60. The van der Waals surface area contributed by atoms with Gasteiger partial charge in [-0.15, -0.1) is 0 Å². The zero-order valence-electron chi connectivity index (χ0n) is 15.7. The summed E-state index contributed by atoms with van der Waals surface area (Å²) in [5.74, 6) is -0.172. The van der Waals surface area contributed by atoms with Gasteiger partial charge in [0, 0.05) is 36.8 Å². The lowest BCUT2D eigenvalue weighted by molar-refractivity contribution is 0.0535. The van der Waals surface area contributed by atoms with Crippen LogP contribution in [0.4, 0.5) is 5.00 Å². The molecule has 0 aliphatic carbocycles. The van der Waals surface area contributed by atoms with E-state index in [0.717, 1.165) is 24.1 Å². The molecule has 2 saturated heterocycles. The fraction of sp³-hybridized carbons (Fsp3) is 0.524. The molecule has 0 amide bonds. The van der Waals surface area contributed by atoms with Gasteiger partial charge in [-0.1, -0.05) is 6.07 Å². The molecule has 6 heteroatoms. The van der Waals surface area contributed by atoms with E-state index < -0.39 is 0 Å². The van der Waals surface area contributed by atoms with Crippen LogP contribution in [0.1, 0.15) is 39.9 Å². The van der Waals surface area contributed by atoms with Crippen molar-refractivity contribution < 1.29 is 9.53 Å². The molecule has 0 saturated carbocycles. The van der Waals surface area contributed by atoms with Gasteiger partial charge >= 0.3 is 5.97 Å². The Hall–Kier alpha value is -1.92. The van der Waals surface area contributed by atoms with Gasteiger partial charge in [0.1, 0.15) is 11.6 Å². The van der Waals surface area contributed by atoms with Crippen molar-refractivity contribution in [1.29, 1.82) is 0 Å². The average molecular weight is 384 g/mol. The van der Waals surface area contributed by atoms with E-state index in [1.54, 1.807) is 11.5 Å². The number of ether oxygens (including phenoxy) is 1. The van der Waals surface area contributed by atoms with Crippen molar-refractivity contribution in [2.75, 3.05) is 37.6 Å². The maximum atomic E-state index is 11.7. The van der Waals surface area contributed by atoms with Crippen LogP contribution in [0.5, 0.6) is 0 Å². The quantitative estimate of drug-likeness (QED) is 0.759. The first-order chi connectivity index (χ1) is 13.1. The number of fused-ring (bicyclic) bond motifs is 1. The first-order valence-corrected chi connectivity index (χ1v) is 10.6. The zero-order chi connectivity index (χ0) is 18.4. The predicted molar refractivity (Wildman–Crippen MR) is 106 cm³/mol. The van der Waals surface area contributed by atoms with Gasteiger partial charge in [-0.2, -0.15) is 4.37 Å². The number of hydrogen-bond acceptors (Lipinski definition) is 6. The summed E-state index contributed by atoms with van der Waals surface area (Å²) in [6.45, 7) is 8.45. The van der Waals surface area contributed by atoms with Crippen molar-refractivity contribution in [1.82, 2.24) is 9.27 Å². The summed E-state index contributed by atoms with van der Waals surface area (Å²) in [6.07, 6.45) is 5.55. The number of cyclic esters (lactones) is 1. The molecule has 5 nitrogen and oxygen atoms in total. The van der Waals surface area contributed by atoms with Crippen molar-refractivity contribution in [3.63, 3.8) is 0 Å². The topological polar surface area (TPSA) is 45.7 Å². The van der Waals surface area contributed by atoms with E-state index in [4.69, 9.17) is 4.74 Å². The van der Waals surface area contributed by atoms with E-state index in [-0.39, 0.29) is 5.97 Å². The van der Waals surface area contributed by atoms with Crippen LogP contribution in [-0.4, -0.2) is 48.0 Å². The highest BCUT2D eigenvalue weighted by Gasteiger charge is 2.45. The molecule has 0 atom stereocenters. The van der Waals surface area contributed by atoms with Crippen LogP contribution < -0.4 is 4.90 Å². The van der Waals surface area contributed by atoms with Crippen molar-refractivity contribution in [2.45, 2.75) is 32.8 Å². The van der Waals surface area contributed by atoms with Crippen molar-refractivity contribution in [3.05, 3.63) is 46.6 Å². The Bertz CT molecular complexity index is 849. The molecule has 1 aromatic heterocycles. The minimum absolute atomic E-state index is 0.172. The molecule has 142 valence electrons. The number of nitrogens with zero attached hydrogens (tertiary/aromatic N) is 3. The molecule has 1 spiro atoms. The summed E-state index contributed by atoms with van der Waals surface area (Å²) >= 11 is 1.61. The van der Waals surface area contributed by atoms with Crippen LogP contribution in [0, 0.1) is 12.3 Å². The summed E-state index contributed by atoms with van der Waals surface area (Å²) in [5.41, 5.74) is 4.97. The molecule has 27 heavy (non-hydrogen) atoms. The largest absolute Gasteiger partial charge is 0.457 e. The minimum atomic E-state index is -0.172. The second-order valence-corrected chi connectivity index (χ2v) is 9.06. The summed E-state index contributed by atoms with van der Waals surface area (Å²) in [7, 11) is 0. The molecule has 0 bridgehead atoms. The Morgan fingerprint density at radius 2 is 2.04 bits per heavy atom. The lowest BCUT2D eigenvalue weighted by Crippen LogP contribution is -2.60. The van der Waals surface area contributed by atoms with Gasteiger partial charge in [0.05, 0.1) is 5.56 Å². The summed E-state index contributed by atoms with van der Waals surface area (Å²) in [5, 5.41) is 1.32. The lowest BCUT2D eigenvalue weighted by atomic mass is 9.72. The first kappa shape index (κ1) is 17.2. The molecule has 0 radical (unpaired) electrons. The van der Waals surface area contributed by atoms with E-state index in [9.17, 15) is 4.79 Å². The lowest BCUT2D eigenvalue weighted by Gasteiger charge is -2.54. The molecule has 2 fully saturated rings. The number of carbonyl (C=O) groups excluding carboxylic acids is 1. The number of benzene rings is 1. The van der Waals surface area contributed by atoms with Gasteiger partial charge in [0.25, 0.3) is 0 Å². The van der Waals surface area contributed by atoms with Gasteiger partial charge in [0.2, 0.25) is 0 Å². The maximum Gasteiger partial charge on any atom is 0.338 e. The van der Waals surface area contributed by atoms with Crippen LogP contribution in [0.25, 0.3) is 0 Å². The summed E-state index contributed by atoms with van der Waals surface area (Å²) in [4.78, 5) is 16.8. The standard InChI is InChI=1S/C21H25N3O2S/c1-15-16(2-3-17-18(15)12-26-20(17)25)5-9-23-10-6-21(7-11-23)13-24(14-21)19-4-8-22-27-19/h2-4,8H,5-7,9-14H2,1H3. The van der Waals surface area contributed by atoms with E-state index in [2.05, 4.69) is 33.2 Å². The average Bonchev–Trinajstić information content (AvgIpc) is 3.30. The third kappa shape index (κ3) is 3.05. The first-order valence-electron chi connectivity index (χ1n) is 9.80. The monoisotopic (exact) mass is 383 g/mol. The maximum absolute atomic E-state index is 11.7. The third-order valence-electron chi connectivity index (χ3n) is 6.68. The fourth-order valence-corrected chi connectivity index (χ4v) is 5.40. The number of carbonyl (C=O) groups is 1. The Morgan fingerprint density at radius 1 is 1.22 bits per heavy atom. The summed E-state index contributed by atoms with van der Waals surface area (Å²) < 4.78 is 9.40. The predicted octanol–water partition coefficient (Wildman–Crippen LogP) is 3.27. The van der Waals surface area contributed by atoms with E-state index in [0.29, 0.717) is 12.0 Å². The Morgan fingerprint density at radius 3 is 2.78 bits per heavy atom. The molecule has 1 aromatic carbocycles. The Balaban J connectivity index is 1.14. The van der Waals surface area contributed by atoms with Gasteiger partial charge in [-0.25, -0.2) is 4.79 Å². The molecule has 4 heterocycles. The highest BCUT2D eigenvalue weighted by atomic mass is 32.1. The van der Waals surface area contributed by atoms with Crippen LogP contribution in [0.3, 0.4) is 0 Å². The van der Waals surface area contributed by atoms with Crippen LogP contribution in [0.2, 0.25) is 0 Å². The molecule has 0 N–H and O–H groups in total. The van der Waals surface area contributed by atoms with Gasteiger partial charge in [0.15, 0.2) is 0 Å². The molecule has 3 aliphatic heterocycles. The van der Waals surface area contributed by atoms with E-state index in [1.807, 2.05) is 12.3 Å². The highest BCUT2D eigenvalue weighted by Crippen LogP contribution is 2.43. The third-order valence-corrected chi connectivity index (χ3v) is 7.49. The number of esters is 1. The van der Waals surface area contributed by atoms with E-state index >= 15 is 0 Å². The molecular formula is C21H25N3O2S. The number of aromatic nitrogens is 1. The number of rotatable bonds is 4. The number of anilines is 1. The van der Waals surface area contributed by atoms with Crippen LogP contribution in [0.15, 0.2) is 24.4 Å². The molecular weight excluding hydrogens is 358 g/mol. The Kier molecular flexibility index (Phi) is 4.20. The smallest absolute Gasteiger partial charge is 0.338 e. The number of likely N-dealkylation sites (tertiary alicyclic amines) is 1. The van der Waals surface area contributed by atoms with Crippen molar-refractivity contribution in [3.8, 4) is 0 Å². The fourth-order valence-electron chi connectivity index (χ4n) is 4.81. The van der Waals surface area contributed by atoms with Gasteiger partial charge in [-0.05, 0) is 74.1 Å². The molecule has 0 unspecified atom stereocenters. The molecule has 5 rings (SSSR count). The van der Waals surface area contributed by atoms with Crippen molar-refractivity contribution in [2.24, 2.45) is 5.41 Å². The molecule has 3 aliphatic rings. The van der Waals surface area contributed by atoms with E-state index in [1.165, 1.54) is 55.1 Å². The molecule has 2 aromatic rings. The second-order valence-electron chi connectivity index (χ2n) is 8.25.